The predicted octanol–water partition coefficient (Wildman–Crippen LogP) is 7.95. The maximum atomic E-state index is 12.4. The molecule has 0 bridgehead atoms. The van der Waals surface area contributed by atoms with Gasteiger partial charge in [0.15, 0.2) is 0 Å². The first kappa shape index (κ1) is 24.9. The van der Waals surface area contributed by atoms with Crippen LogP contribution in [0.2, 0.25) is 0 Å². The van der Waals surface area contributed by atoms with Gasteiger partial charge in [-0.2, -0.15) is 0 Å². The molecule has 2 aliphatic carbocycles. The lowest BCUT2D eigenvalue weighted by Gasteiger charge is -2.41. The summed E-state index contributed by atoms with van der Waals surface area (Å²) in [6, 6.07) is 16.5. The zero-order valence-electron chi connectivity index (χ0n) is 21.8. The SMILES string of the molecule is CC1CCC1.O=C(OCc1ccccc1)N1CC=C(c2ccc3c(c2)CCC2(CCCCC2)O3)CC1. The smallest absolute Gasteiger partial charge is 0.410 e. The third kappa shape index (κ3) is 6.14. The average molecular weight is 488 g/mol. The van der Waals surface area contributed by atoms with Gasteiger partial charge in [0.25, 0.3) is 0 Å². The Hall–Kier alpha value is -2.75. The number of rotatable bonds is 3. The van der Waals surface area contributed by atoms with Gasteiger partial charge in [0.1, 0.15) is 18.0 Å². The Morgan fingerprint density at radius 3 is 2.44 bits per heavy atom. The van der Waals surface area contributed by atoms with Crippen LogP contribution < -0.4 is 4.74 Å². The summed E-state index contributed by atoms with van der Waals surface area (Å²) in [6.07, 6.45) is 15.8. The molecular weight excluding hydrogens is 446 g/mol. The number of benzene rings is 2. The number of hydrogen-bond donors (Lipinski definition) is 0. The Kier molecular flexibility index (Phi) is 7.99. The monoisotopic (exact) mass is 487 g/mol. The summed E-state index contributed by atoms with van der Waals surface area (Å²) in [5.41, 5.74) is 5.01. The van der Waals surface area contributed by atoms with Crippen molar-refractivity contribution in [2.45, 2.75) is 89.8 Å². The first-order chi connectivity index (χ1) is 17.6. The van der Waals surface area contributed by atoms with Crippen molar-refractivity contribution >= 4 is 11.7 Å². The first-order valence-electron chi connectivity index (χ1n) is 14.1. The lowest BCUT2D eigenvalue weighted by Crippen LogP contribution is -2.41. The average Bonchev–Trinajstić information content (AvgIpc) is 2.92. The lowest BCUT2D eigenvalue weighted by atomic mass is 9.78. The predicted molar refractivity (Wildman–Crippen MR) is 145 cm³/mol. The second-order valence-corrected chi connectivity index (χ2v) is 11.2. The van der Waals surface area contributed by atoms with Crippen molar-refractivity contribution in [1.82, 2.24) is 4.90 Å². The summed E-state index contributed by atoms with van der Waals surface area (Å²) >= 11 is 0. The zero-order valence-corrected chi connectivity index (χ0v) is 21.8. The van der Waals surface area contributed by atoms with Crippen molar-refractivity contribution in [3.8, 4) is 5.75 Å². The largest absolute Gasteiger partial charge is 0.487 e. The Balaban J connectivity index is 0.000000477. The van der Waals surface area contributed by atoms with Gasteiger partial charge in [0.2, 0.25) is 0 Å². The van der Waals surface area contributed by atoms with E-state index >= 15 is 0 Å². The lowest BCUT2D eigenvalue weighted by molar-refractivity contribution is 0.0108. The minimum atomic E-state index is -0.240. The van der Waals surface area contributed by atoms with Crippen molar-refractivity contribution in [2.75, 3.05) is 13.1 Å². The fraction of sp³-hybridized carbons (Fsp3) is 0.531. The molecule has 1 amide bonds. The summed E-state index contributed by atoms with van der Waals surface area (Å²) < 4.78 is 12.0. The molecule has 2 saturated carbocycles. The van der Waals surface area contributed by atoms with E-state index in [1.807, 2.05) is 30.3 Å². The molecule has 2 fully saturated rings. The standard InChI is InChI=1S/C27H31NO3.C5H10/c29-26(30-20-21-7-3-1-4-8-21)28-17-12-22(13-18-28)23-9-10-25-24(19-23)11-16-27(31-25)14-5-2-6-15-27;1-5-3-2-4-5/h1,3-4,7-10,12,19H,2,5-6,11,13-18,20H2;5H,2-4H2,1H3. The van der Waals surface area contributed by atoms with Crippen LogP contribution in [-0.4, -0.2) is 29.7 Å². The molecule has 0 N–H and O–H groups in total. The summed E-state index contributed by atoms with van der Waals surface area (Å²) in [5, 5.41) is 0. The highest BCUT2D eigenvalue weighted by Crippen LogP contribution is 2.42. The van der Waals surface area contributed by atoms with Crippen LogP contribution in [0.4, 0.5) is 4.79 Å². The number of hydrogen-bond acceptors (Lipinski definition) is 3. The number of carbonyl (C=O) groups is 1. The molecule has 4 aliphatic rings. The number of aryl methyl sites for hydroxylation is 1. The molecule has 2 aliphatic heterocycles. The van der Waals surface area contributed by atoms with E-state index in [9.17, 15) is 4.79 Å². The van der Waals surface area contributed by atoms with Crippen LogP contribution in [0.5, 0.6) is 5.75 Å². The van der Waals surface area contributed by atoms with E-state index in [4.69, 9.17) is 9.47 Å². The fourth-order valence-electron chi connectivity index (χ4n) is 5.79. The Bertz CT molecular complexity index is 1050. The summed E-state index contributed by atoms with van der Waals surface area (Å²) in [7, 11) is 0. The summed E-state index contributed by atoms with van der Waals surface area (Å²) in [6.45, 7) is 3.92. The minimum Gasteiger partial charge on any atom is -0.487 e. The molecule has 2 aromatic rings. The molecule has 4 nitrogen and oxygen atoms in total. The maximum absolute atomic E-state index is 12.4. The summed E-state index contributed by atoms with van der Waals surface area (Å²) in [5.74, 6) is 2.15. The van der Waals surface area contributed by atoms with Crippen molar-refractivity contribution in [2.24, 2.45) is 5.92 Å². The van der Waals surface area contributed by atoms with Gasteiger partial charge in [-0.3, -0.25) is 0 Å². The van der Waals surface area contributed by atoms with Crippen molar-refractivity contribution in [1.29, 1.82) is 0 Å². The molecule has 36 heavy (non-hydrogen) atoms. The van der Waals surface area contributed by atoms with Crippen LogP contribution in [0.25, 0.3) is 5.57 Å². The van der Waals surface area contributed by atoms with Crippen LogP contribution in [0.15, 0.2) is 54.6 Å². The first-order valence-corrected chi connectivity index (χ1v) is 14.1. The van der Waals surface area contributed by atoms with Crippen LogP contribution in [0.3, 0.4) is 0 Å². The number of nitrogens with zero attached hydrogens (tertiary/aromatic N) is 1. The van der Waals surface area contributed by atoms with E-state index < -0.39 is 0 Å². The van der Waals surface area contributed by atoms with Crippen molar-refractivity contribution < 1.29 is 14.3 Å². The van der Waals surface area contributed by atoms with Gasteiger partial charge in [-0.1, -0.05) is 75.1 Å². The van der Waals surface area contributed by atoms with Gasteiger partial charge < -0.3 is 14.4 Å². The number of carbonyl (C=O) groups excluding carboxylic acids is 1. The van der Waals surface area contributed by atoms with E-state index in [1.54, 1.807) is 4.90 Å². The fourth-order valence-corrected chi connectivity index (χ4v) is 5.79. The van der Waals surface area contributed by atoms with Gasteiger partial charge in [0, 0.05) is 13.1 Å². The highest BCUT2D eigenvalue weighted by Gasteiger charge is 2.37. The van der Waals surface area contributed by atoms with E-state index in [1.165, 1.54) is 68.1 Å². The Morgan fingerprint density at radius 1 is 1.00 bits per heavy atom. The van der Waals surface area contributed by atoms with E-state index in [2.05, 4.69) is 31.2 Å². The molecule has 0 saturated heterocycles. The van der Waals surface area contributed by atoms with Crippen molar-refractivity contribution in [3.63, 3.8) is 0 Å². The maximum Gasteiger partial charge on any atom is 0.410 e. The third-order valence-electron chi connectivity index (χ3n) is 8.44. The van der Waals surface area contributed by atoms with E-state index in [-0.39, 0.29) is 11.7 Å². The molecule has 0 radical (unpaired) electrons. The summed E-state index contributed by atoms with van der Waals surface area (Å²) in [4.78, 5) is 14.2. The number of amides is 1. The molecule has 192 valence electrons. The minimum absolute atomic E-state index is 0.0947. The Morgan fingerprint density at radius 2 is 1.78 bits per heavy atom. The van der Waals surface area contributed by atoms with Crippen LogP contribution >= 0.6 is 0 Å². The third-order valence-corrected chi connectivity index (χ3v) is 8.44. The van der Waals surface area contributed by atoms with E-state index in [0.29, 0.717) is 19.7 Å². The quantitative estimate of drug-likeness (QED) is 0.441. The molecule has 2 aromatic carbocycles. The molecular formula is C32H41NO3. The highest BCUT2D eigenvalue weighted by molar-refractivity contribution is 5.73. The van der Waals surface area contributed by atoms with Crippen molar-refractivity contribution in [3.05, 3.63) is 71.3 Å². The number of ether oxygens (including phenoxy) is 2. The highest BCUT2D eigenvalue weighted by atomic mass is 16.6. The molecule has 1 spiro atoms. The van der Waals surface area contributed by atoms with Gasteiger partial charge >= 0.3 is 6.09 Å². The molecule has 6 rings (SSSR count). The van der Waals surface area contributed by atoms with Gasteiger partial charge in [0.05, 0.1) is 0 Å². The van der Waals surface area contributed by atoms with Gasteiger partial charge in [-0.05, 0) is 85.3 Å². The topological polar surface area (TPSA) is 38.8 Å². The van der Waals surface area contributed by atoms with Gasteiger partial charge in [-0.25, -0.2) is 4.79 Å². The van der Waals surface area contributed by atoms with Crippen LogP contribution in [0, 0.1) is 5.92 Å². The van der Waals surface area contributed by atoms with E-state index in [0.717, 1.165) is 36.5 Å². The second kappa shape index (κ2) is 11.5. The molecule has 0 aromatic heterocycles. The normalized spacial score (nSPS) is 20.7. The zero-order chi connectivity index (χ0) is 24.8. The van der Waals surface area contributed by atoms with Crippen LogP contribution in [0.1, 0.15) is 87.8 Å². The molecule has 4 heteroatoms. The Labute approximate surface area is 216 Å². The molecule has 0 unspecified atom stereocenters. The number of fused-ring (bicyclic) bond motifs is 1. The second-order valence-electron chi connectivity index (χ2n) is 11.2. The van der Waals surface area contributed by atoms with Gasteiger partial charge in [-0.15, -0.1) is 0 Å². The molecule has 0 atom stereocenters. The molecule has 2 heterocycles. The van der Waals surface area contributed by atoms with Crippen LogP contribution in [-0.2, 0) is 17.8 Å².